The topological polar surface area (TPSA) is 15.3 Å². The van der Waals surface area contributed by atoms with Gasteiger partial charge < -0.3 is 5.32 Å². The van der Waals surface area contributed by atoms with Gasteiger partial charge in [-0.2, -0.15) is 0 Å². The van der Waals surface area contributed by atoms with Crippen LogP contribution in [0, 0.1) is 0 Å². The molecule has 1 atom stereocenters. The van der Waals surface area contributed by atoms with E-state index in [-0.39, 0.29) is 0 Å². The highest BCUT2D eigenvalue weighted by Crippen LogP contribution is 2.24. The van der Waals surface area contributed by atoms with Gasteiger partial charge in [-0.3, -0.25) is 4.90 Å². The molecule has 0 saturated carbocycles. The van der Waals surface area contributed by atoms with Gasteiger partial charge in [0.15, 0.2) is 0 Å². The van der Waals surface area contributed by atoms with Crippen LogP contribution in [-0.4, -0.2) is 23.5 Å². The zero-order valence-electron chi connectivity index (χ0n) is 13.7. The van der Waals surface area contributed by atoms with E-state index in [9.17, 15) is 0 Å². The molecule has 1 heterocycles. The molecule has 0 amide bonds. The smallest absolute Gasteiger partial charge is 0.0247 e. The van der Waals surface area contributed by atoms with Gasteiger partial charge in [0.2, 0.25) is 0 Å². The minimum absolute atomic E-state index is 0.529. The molecule has 0 aromatic heterocycles. The molecule has 1 aliphatic rings. The number of nitrogens with one attached hydrogen (secondary N) is 1. The molecule has 1 aliphatic heterocycles. The van der Waals surface area contributed by atoms with E-state index in [4.69, 9.17) is 0 Å². The molecule has 1 aromatic rings. The van der Waals surface area contributed by atoms with Crippen LogP contribution in [-0.2, 0) is 13.1 Å². The first-order valence-corrected chi connectivity index (χ1v) is 9.10. The molecule has 118 valence electrons. The molecule has 1 aromatic carbocycles. The Morgan fingerprint density at radius 3 is 2.81 bits per heavy atom. The van der Waals surface area contributed by atoms with Crippen LogP contribution >= 0.6 is 15.9 Å². The fourth-order valence-corrected chi connectivity index (χ4v) is 3.49. The number of likely N-dealkylation sites (tertiary alicyclic amines) is 1. The number of hydrogen-bond acceptors (Lipinski definition) is 2. The third kappa shape index (κ3) is 5.39. The van der Waals surface area contributed by atoms with Crippen molar-refractivity contribution in [3.05, 3.63) is 33.8 Å². The van der Waals surface area contributed by atoms with Crippen LogP contribution in [0.15, 0.2) is 22.7 Å². The van der Waals surface area contributed by atoms with E-state index < -0.39 is 0 Å². The fourth-order valence-electron chi connectivity index (χ4n) is 2.94. The van der Waals surface area contributed by atoms with Crippen LogP contribution in [0.2, 0.25) is 0 Å². The normalized spacial score (nSPS) is 20.7. The maximum Gasteiger partial charge on any atom is 0.0247 e. The molecule has 3 heteroatoms. The molecule has 21 heavy (non-hydrogen) atoms. The van der Waals surface area contributed by atoms with Crippen molar-refractivity contribution in [2.45, 2.75) is 71.6 Å². The van der Waals surface area contributed by atoms with Crippen molar-refractivity contribution in [2.24, 2.45) is 0 Å². The predicted molar refractivity (Wildman–Crippen MR) is 94.5 cm³/mol. The number of rotatable bonds is 5. The molecule has 2 rings (SSSR count). The van der Waals surface area contributed by atoms with Crippen molar-refractivity contribution in [1.29, 1.82) is 0 Å². The second kappa shape index (κ2) is 8.30. The Bertz CT molecular complexity index is 445. The summed E-state index contributed by atoms with van der Waals surface area (Å²) in [5, 5.41) is 3.47. The number of hydrogen-bond donors (Lipinski definition) is 1. The first kappa shape index (κ1) is 17.0. The van der Waals surface area contributed by atoms with Crippen molar-refractivity contribution < 1.29 is 0 Å². The first-order chi connectivity index (χ1) is 10.1. The summed E-state index contributed by atoms with van der Waals surface area (Å²) in [4.78, 5) is 2.64. The number of benzene rings is 1. The molecule has 1 fully saturated rings. The van der Waals surface area contributed by atoms with Gasteiger partial charge in [0.05, 0.1) is 0 Å². The average molecular weight is 353 g/mol. The van der Waals surface area contributed by atoms with Crippen LogP contribution < -0.4 is 5.32 Å². The second-order valence-corrected chi connectivity index (χ2v) is 7.48. The zero-order chi connectivity index (χ0) is 15.2. The van der Waals surface area contributed by atoms with Crippen LogP contribution in [0.1, 0.15) is 57.6 Å². The van der Waals surface area contributed by atoms with E-state index in [0.717, 1.165) is 13.1 Å². The lowest BCUT2D eigenvalue weighted by atomic mass is 10.1. The standard InChI is InChI=1S/C18H29BrN2/c1-14(2)20-12-16-8-9-17(18(19)11-16)13-21-10-6-4-5-7-15(21)3/h8-9,11,14-15,20H,4-7,10,12-13H2,1-3H3. The summed E-state index contributed by atoms with van der Waals surface area (Å²) in [7, 11) is 0. The highest BCUT2D eigenvalue weighted by atomic mass is 79.9. The van der Waals surface area contributed by atoms with Crippen molar-refractivity contribution >= 4 is 15.9 Å². The average Bonchev–Trinajstić information content (AvgIpc) is 2.64. The Balaban J connectivity index is 1.99. The fraction of sp³-hybridized carbons (Fsp3) is 0.667. The maximum absolute atomic E-state index is 3.77. The van der Waals surface area contributed by atoms with E-state index in [2.05, 4.69) is 65.1 Å². The molecule has 0 radical (unpaired) electrons. The summed E-state index contributed by atoms with van der Waals surface area (Å²) < 4.78 is 1.25. The molecule has 1 saturated heterocycles. The Kier molecular flexibility index (Phi) is 6.72. The summed E-state index contributed by atoms with van der Waals surface area (Å²) in [5.41, 5.74) is 2.76. The minimum atomic E-state index is 0.529. The quantitative estimate of drug-likeness (QED) is 0.825. The van der Waals surface area contributed by atoms with Crippen LogP contribution in [0.4, 0.5) is 0 Å². The zero-order valence-corrected chi connectivity index (χ0v) is 15.2. The lowest BCUT2D eigenvalue weighted by Gasteiger charge is -2.27. The molecule has 1 N–H and O–H groups in total. The lowest BCUT2D eigenvalue weighted by Crippen LogP contribution is -2.32. The first-order valence-electron chi connectivity index (χ1n) is 8.31. The molecule has 0 aliphatic carbocycles. The molecule has 2 nitrogen and oxygen atoms in total. The van der Waals surface area contributed by atoms with E-state index in [1.165, 1.54) is 47.8 Å². The van der Waals surface area contributed by atoms with Gasteiger partial charge in [0, 0.05) is 29.6 Å². The molecule has 1 unspecified atom stereocenters. The number of nitrogens with zero attached hydrogens (tertiary/aromatic N) is 1. The summed E-state index contributed by atoms with van der Waals surface area (Å²) in [6.07, 6.45) is 5.47. The second-order valence-electron chi connectivity index (χ2n) is 6.63. The maximum atomic E-state index is 3.77. The van der Waals surface area contributed by atoms with Gasteiger partial charge in [0.25, 0.3) is 0 Å². The molecule has 0 spiro atoms. The lowest BCUT2D eigenvalue weighted by molar-refractivity contribution is 0.204. The van der Waals surface area contributed by atoms with E-state index in [1.54, 1.807) is 0 Å². The highest BCUT2D eigenvalue weighted by Gasteiger charge is 2.17. The van der Waals surface area contributed by atoms with Crippen LogP contribution in [0.25, 0.3) is 0 Å². The third-order valence-corrected chi connectivity index (χ3v) is 5.13. The van der Waals surface area contributed by atoms with E-state index in [1.807, 2.05) is 0 Å². The number of halogens is 1. The Labute approximate surface area is 138 Å². The van der Waals surface area contributed by atoms with Crippen molar-refractivity contribution in [3.8, 4) is 0 Å². The van der Waals surface area contributed by atoms with Gasteiger partial charge >= 0.3 is 0 Å². The van der Waals surface area contributed by atoms with Crippen molar-refractivity contribution in [1.82, 2.24) is 10.2 Å². The SMILES string of the molecule is CC(C)NCc1ccc(CN2CCCCCC2C)c(Br)c1. The van der Waals surface area contributed by atoms with Crippen LogP contribution in [0.3, 0.4) is 0 Å². The largest absolute Gasteiger partial charge is 0.310 e. The van der Waals surface area contributed by atoms with E-state index >= 15 is 0 Å². The van der Waals surface area contributed by atoms with Gasteiger partial charge in [-0.1, -0.05) is 54.8 Å². The van der Waals surface area contributed by atoms with Crippen molar-refractivity contribution in [2.75, 3.05) is 6.54 Å². The third-order valence-electron chi connectivity index (χ3n) is 4.40. The highest BCUT2D eigenvalue weighted by molar-refractivity contribution is 9.10. The summed E-state index contributed by atoms with van der Waals surface area (Å²) in [6.45, 7) is 10.00. The molecule has 0 bridgehead atoms. The monoisotopic (exact) mass is 352 g/mol. The van der Waals surface area contributed by atoms with E-state index in [0.29, 0.717) is 12.1 Å². The Morgan fingerprint density at radius 2 is 2.10 bits per heavy atom. The van der Waals surface area contributed by atoms with Gasteiger partial charge in [-0.05, 0) is 43.5 Å². The van der Waals surface area contributed by atoms with Crippen LogP contribution in [0.5, 0.6) is 0 Å². The predicted octanol–water partition coefficient (Wildman–Crippen LogP) is 4.71. The Hall–Kier alpha value is -0.380. The van der Waals surface area contributed by atoms with Gasteiger partial charge in [-0.15, -0.1) is 0 Å². The summed E-state index contributed by atoms with van der Waals surface area (Å²) >= 11 is 3.77. The summed E-state index contributed by atoms with van der Waals surface area (Å²) in [5.74, 6) is 0. The molecular formula is C18H29BrN2. The van der Waals surface area contributed by atoms with Gasteiger partial charge in [0.1, 0.15) is 0 Å². The van der Waals surface area contributed by atoms with Crippen molar-refractivity contribution in [3.63, 3.8) is 0 Å². The van der Waals surface area contributed by atoms with Gasteiger partial charge in [-0.25, -0.2) is 0 Å². The minimum Gasteiger partial charge on any atom is -0.310 e. The molecular weight excluding hydrogens is 324 g/mol. The Morgan fingerprint density at radius 1 is 1.29 bits per heavy atom. The summed E-state index contributed by atoms with van der Waals surface area (Å²) in [6, 6.07) is 8.06.